The van der Waals surface area contributed by atoms with Crippen LogP contribution in [0.15, 0.2) is 91.0 Å². The molecule has 4 unspecified atom stereocenters. The van der Waals surface area contributed by atoms with E-state index < -0.39 is 12.5 Å². The number of carbonyl (C=O) groups excluding carboxylic acids is 2. The molecular formula is C60H89ClFN3O7S. The van der Waals surface area contributed by atoms with Crippen LogP contribution >= 0.6 is 23.4 Å². The van der Waals surface area contributed by atoms with E-state index in [4.69, 9.17) is 30.5 Å². The molecular weight excluding hydrogens is 961 g/mol. The number of hydrogen-bond acceptors (Lipinski definition) is 10. The number of nitrogens with one attached hydrogen (secondary N) is 2. The number of alkyl halides is 1. The smallest absolute Gasteiger partial charge is 0.236 e. The summed E-state index contributed by atoms with van der Waals surface area (Å²) in [5.41, 5.74) is 4.46. The van der Waals surface area contributed by atoms with Crippen LogP contribution in [0, 0.1) is 12.8 Å². The van der Waals surface area contributed by atoms with Crippen molar-refractivity contribution >= 4 is 35.1 Å². The van der Waals surface area contributed by atoms with Gasteiger partial charge >= 0.3 is 0 Å². The predicted octanol–water partition coefficient (Wildman–Crippen LogP) is 13.6. The number of carbonyl (C=O) groups is 2. The highest BCUT2D eigenvalue weighted by Crippen LogP contribution is 2.34. The van der Waals surface area contributed by atoms with Gasteiger partial charge in [-0.2, -0.15) is 11.8 Å². The van der Waals surface area contributed by atoms with E-state index in [1.54, 1.807) is 18.2 Å². The van der Waals surface area contributed by atoms with Gasteiger partial charge in [0.2, 0.25) is 12.3 Å². The molecule has 2 aliphatic carbocycles. The molecule has 6 rings (SSSR count). The summed E-state index contributed by atoms with van der Waals surface area (Å²) >= 11 is 8.13. The third kappa shape index (κ3) is 25.8. The summed E-state index contributed by atoms with van der Waals surface area (Å²) in [6.45, 7) is 26.4. The molecule has 10 nitrogen and oxygen atoms in total. The number of aliphatic hydroxyl groups is 1. The van der Waals surface area contributed by atoms with E-state index in [0.717, 1.165) is 46.6 Å². The van der Waals surface area contributed by atoms with E-state index >= 15 is 0 Å². The summed E-state index contributed by atoms with van der Waals surface area (Å²) in [4.78, 5) is 26.7. The first-order valence-electron chi connectivity index (χ1n) is 26.6. The first-order valence-corrected chi connectivity index (χ1v) is 28.1. The fourth-order valence-corrected chi connectivity index (χ4v) is 9.37. The quantitative estimate of drug-likeness (QED) is 0.0586. The monoisotopic (exact) mass is 1050 g/mol. The highest BCUT2D eigenvalue weighted by molar-refractivity contribution is 7.99. The minimum absolute atomic E-state index is 0.0381. The summed E-state index contributed by atoms with van der Waals surface area (Å²) in [7, 11) is 0. The van der Waals surface area contributed by atoms with Crippen LogP contribution in [0.4, 0.5) is 4.39 Å². The zero-order valence-corrected chi connectivity index (χ0v) is 47.6. The molecule has 4 aromatic carbocycles. The molecule has 3 N–H and O–H groups in total. The van der Waals surface area contributed by atoms with Crippen molar-refractivity contribution in [3.05, 3.63) is 124 Å². The maximum atomic E-state index is 13.1. The molecule has 2 saturated carbocycles. The second-order valence-corrected chi connectivity index (χ2v) is 22.1. The molecule has 2 fully saturated rings. The molecule has 0 spiro atoms. The van der Waals surface area contributed by atoms with Crippen molar-refractivity contribution in [2.24, 2.45) is 5.92 Å². The van der Waals surface area contributed by atoms with Gasteiger partial charge in [-0.25, -0.2) is 4.39 Å². The highest BCUT2D eigenvalue weighted by atomic mass is 35.5. The molecule has 406 valence electrons. The molecule has 0 aromatic heterocycles. The zero-order valence-electron chi connectivity index (χ0n) is 46.1. The molecule has 0 radical (unpaired) electrons. The third-order valence-electron chi connectivity index (χ3n) is 11.6. The molecule has 4 atom stereocenters. The number of halogens is 2. The van der Waals surface area contributed by atoms with E-state index in [0.29, 0.717) is 91.0 Å². The topological polar surface area (TPSA) is 119 Å². The van der Waals surface area contributed by atoms with Gasteiger partial charge in [-0.05, 0) is 119 Å². The second-order valence-electron chi connectivity index (χ2n) is 20.1. The van der Waals surface area contributed by atoms with Crippen LogP contribution in [0.5, 0.6) is 17.2 Å². The molecule has 13 heteroatoms. The van der Waals surface area contributed by atoms with Gasteiger partial charge in [0.15, 0.2) is 17.3 Å². The SMILES string of the molecule is CC(C)NCC(O)COCc1ccccc1Cl.CCOc1cc(CN(C(=O)CC(C)C)C2CC2)ccc1OC(C)F.CCSC1CCCCC1NC(C)C.Cc1ccc(C(=O)c2ccc(OC(C)C)cc2)cc1. The van der Waals surface area contributed by atoms with Gasteiger partial charge in [0.1, 0.15) is 5.75 Å². The Hall–Kier alpha value is -4.17. The van der Waals surface area contributed by atoms with Crippen LogP contribution in [0.25, 0.3) is 0 Å². The average Bonchev–Trinajstić information content (AvgIpc) is 4.18. The molecule has 0 heterocycles. The first kappa shape index (κ1) is 63.1. The van der Waals surface area contributed by atoms with E-state index in [1.807, 2.05) is 119 Å². The van der Waals surface area contributed by atoms with Crippen molar-refractivity contribution in [3.63, 3.8) is 0 Å². The number of thioether (sulfide) groups is 1. The number of aliphatic hydroxyl groups excluding tert-OH is 1. The molecule has 2 aliphatic rings. The second kappa shape index (κ2) is 34.4. The number of nitrogens with zero attached hydrogens (tertiary/aromatic N) is 1. The first-order chi connectivity index (χ1) is 34.8. The van der Waals surface area contributed by atoms with Gasteiger partial charge in [0.25, 0.3) is 0 Å². The van der Waals surface area contributed by atoms with Crippen LogP contribution in [0.1, 0.15) is 154 Å². The van der Waals surface area contributed by atoms with Crippen LogP contribution in [0.2, 0.25) is 5.02 Å². The largest absolute Gasteiger partial charge is 0.491 e. The maximum Gasteiger partial charge on any atom is 0.236 e. The number of benzene rings is 4. The Morgan fingerprint density at radius 3 is 2.01 bits per heavy atom. The Kier molecular flexibility index (Phi) is 29.8. The molecule has 0 aliphatic heterocycles. The Balaban J connectivity index is 0.000000263. The molecule has 4 aromatic rings. The molecule has 0 saturated heterocycles. The van der Waals surface area contributed by atoms with Crippen molar-refractivity contribution in [2.75, 3.05) is 25.5 Å². The fourth-order valence-electron chi connectivity index (χ4n) is 7.97. The third-order valence-corrected chi connectivity index (χ3v) is 13.3. The number of ether oxygens (including phenoxy) is 4. The van der Waals surface area contributed by atoms with E-state index in [-0.39, 0.29) is 17.8 Å². The Bertz CT molecular complexity index is 2150. The number of amides is 1. The lowest BCUT2D eigenvalue weighted by molar-refractivity contribution is -0.133. The highest BCUT2D eigenvalue weighted by Gasteiger charge is 2.33. The van der Waals surface area contributed by atoms with Gasteiger partial charge in [-0.1, -0.05) is 127 Å². The number of hydrogen-bond donors (Lipinski definition) is 3. The molecule has 73 heavy (non-hydrogen) atoms. The fraction of sp³-hybridized carbons (Fsp3) is 0.567. The van der Waals surface area contributed by atoms with Crippen molar-refractivity contribution in [1.82, 2.24) is 15.5 Å². The Morgan fingerprint density at radius 2 is 1.45 bits per heavy atom. The number of rotatable bonds is 24. The van der Waals surface area contributed by atoms with E-state index in [2.05, 4.69) is 57.0 Å². The van der Waals surface area contributed by atoms with Crippen molar-refractivity contribution < 1.29 is 38.0 Å². The normalized spacial score (nSPS) is 16.0. The lowest BCUT2D eigenvalue weighted by Crippen LogP contribution is -2.43. The zero-order chi connectivity index (χ0) is 53.9. The minimum atomic E-state index is -1.40. The van der Waals surface area contributed by atoms with Crippen molar-refractivity contribution in [2.45, 2.75) is 189 Å². The van der Waals surface area contributed by atoms with Crippen LogP contribution < -0.4 is 24.8 Å². The minimum Gasteiger partial charge on any atom is -0.491 e. The maximum absolute atomic E-state index is 13.1. The van der Waals surface area contributed by atoms with Crippen LogP contribution in [0.3, 0.4) is 0 Å². The lowest BCUT2D eigenvalue weighted by atomic mass is 9.94. The van der Waals surface area contributed by atoms with Gasteiger partial charge in [0, 0.05) is 72.0 Å². The molecule has 1 amide bonds. The standard InChI is InChI=1S/C19H28FNO3.C17H18O2.C13H20ClNO2.C11H23NS/c1-5-23-18-11-15(6-9-17(18)24-14(4)20)12-21(16-7-8-16)19(22)10-13(2)3;1-12(2)19-16-10-8-15(9-11-16)17(18)14-6-4-13(3)5-7-14;1-10(2)15-7-12(16)9-17-8-11-5-3-4-6-13(11)14;1-4-13-11-8-6-5-7-10(11)12-9(2)3/h6,9,11,13-14,16H,5,7-8,10,12H2,1-4H3;4-12H,1-3H3;3-6,10,12,15-16H,7-9H2,1-2H3;9-12H,4-8H2,1-3H3. The van der Waals surface area contributed by atoms with Gasteiger partial charge in [0.05, 0.1) is 32.0 Å². The average molecular weight is 1050 g/mol. The van der Waals surface area contributed by atoms with E-state index in [9.17, 15) is 19.1 Å². The van der Waals surface area contributed by atoms with Gasteiger partial charge in [-0.15, -0.1) is 0 Å². The van der Waals surface area contributed by atoms with Crippen molar-refractivity contribution in [3.8, 4) is 17.2 Å². The summed E-state index contributed by atoms with van der Waals surface area (Å²) in [5.74, 6) is 3.55. The summed E-state index contributed by atoms with van der Waals surface area (Å²) in [6, 6.07) is 30.0. The Morgan fingerprint density at radius 1 is 0.808 bits per heavy atom. The summed E-state index contributed by atoms with van der Waals surface area (Å²) in [6.07, 6.45) is 6.63. The lowest BCUT2D eigenvalue weighted by Gasteiger charge is -2.33. The molecule has 0 bridgehead atoms. The Labute approximate surface area is 448 Å². The number of ketones is 1. The predicted molar refractivity (Wildman–Crippen MR) is 301 cm³/mol. The van der Waals surface area contributed by atoms with Crippen LogP contribution in [-0.4, -0.2) is 95.2 Å². The van der Waals surface area contributed by atoms with Crippen LogP contribution in [-0.2, 0) is 22.7 Å². The van der Waals surface area contributed by atoms with E-state index in [1.165, 1.54) is 38.4 Å². The summed E-state index contributed by atoms with van der Waals surface area (Å²) in [5, 5.41) is 18.0. The number of aryl methyl sites for hydroxylation is 1. The van der Waals surface area contributed by atoms with Gasteiger partial charge in [-0.3, -0.25) is 9.59 Å². The summed E-state index contributed by atoms with van der Waals surface area (Å²) < 4.78 is 34.8. The van der Waals surface area contributed by atoms with Gasteiger partial charge < -0.3 is 39.6 Å². The van der Waals surface area contributed by atoms with Crippen molar-refractivity contribution in [1.29, 1.82) is 0 Å².